The molecule has 4 rings (SSSR count). The molecule has 0 aromatic heterocycles. The summed E-state index contributed by atoms with van der Waals surface area (Å²) in [5.74, 6) is -0.567. The molecule has 1 saturated carbocycles. The maximum atomic E-state index is 13.3. The number of hydrogen-bond acceptors (Lipinski definition) is 5. The molecule has 2 aliphatic rings. The van der Waals surface area contributed by atoms with Gasteiger partial charge in [-0.1, -0.05) is 18.2 Å². The number of ether oxygens (including phenoxy) is 1. The molecule has 0 bridgehead atoms. The van der Waals surface area contributed by atoms with Crippen LogP contribution < -0.4 is 15.0 Å². The number of hydrogen-bond donors (Lipinski definition) is 2. The van der Waals surface area contributed by atoms with Crippen molar-refractivity contribution in [2.45, 2.75) is 71.1 Å². The van der Waals surface area contributed by atoms with E-state index >= 15 is 0 Å². The van der Waals surface area contributed by atoms with Gasteiger partial charge in [0.05, 0.1) is 12.0 Å². The van der Waals surface area contributed by atoms with E-state index < -0.39 is 11.9 Å². The average molecular weight is 508 g/mol. The van der Waals surface area contributed by atoms with E-state index in [-0.39, 0.29) is 17.9 Å². The molecule has 200 valence electrons. The summed E-state index contributed by atoms with van der Waals surface area (Å²) in [4.78, 5) is 28.9. The molecule has 1 saturated heterocycles. The standard InChI is InChI=1S/C30H41N3O4/c1-20-16-26(11-8-25(20)19-33-15-14-31-21(2)18-33)32(4)29(34)23-9-12-27(13-10-23)37-28-7-5-6-24(17-28)22(3)30(35)36/h5-8,11,16-17,21-23,27,31H,9-10,12-15,18-19H2,1-4H3,(H,35,36)/t21-,22?,23-,27-/m0/s1. The average Bonchev–Trinajstić information content (AvgIpc) is 2.89. The number of nitrogens with zero attached hydrogens (tertiary/aromatic N) is 2. The first-order valence-electron chi connectivity index (χ1n) is 13.5. The Labute approximate surface area is 220 Å². The highest BCUT2D eigenvalue weighted by Crippen LogP contribution is 2.31. The third-order valence-electron chi connectivity index (χ3n) is 7.95. The van der Waals surface area contributed by atoms with E-state index in [1.807, 2.05) is 36.2 Å². The van der Waals surface area contributed by atoms with Crippen molar-refractivity contribution >= 4 is 17.6 Å². The van der Waals surface area contributed by atoms with Gasteiger partial charge in [0.2, 0.25) is 5.91 Å². The van der Waals surface area contributed by atoms with Gasteiger partial charge >= 0.3 is 5.97 Å². The van der Waals surface area contributed by atoms with Crippen LogP contribution in [0, 0.1) is 12.8 Å². The first-order chi connectivity index (χ1) is 17.7. The fourth-order valence-electron chi connectivity index (χ4n) is 5.48. The van der Waals surface area contributed by atoms with Gasteiger partial charge in [-0.15, -0.1) is 0 Å². The van der Waals surface area contributed by atoms with E-state index in [1.165, 1.54) is 11.1 Å². The highest BCUT2D eigenvalue weighted by atomic mass is 16.5. The van der Waals surface area contributed by atoms with Crippen LogP contribution in [-0.2, 0) is 16.1 Å². The van der Waals surface area contributed by atoms with E-state index in [4.69, 9.17) is 4.74 Å². The van der Waals surface area contributed by atoms with Crippen molar-refractivity contribution in [3.8, 4) is 5.75 Å². The molecule has 2 aromatic carbocycles. The molecule has 1 heterocycles. The second-order valence-corrected chi connectivity index (χ2v) is 10.8. The third kappa shape index (κ3) is 6.90. The van der Waals surface area contributed by atoms with E-state index in [1.54, 1.807) is 6.92 Å². The molecule has 0 spiro atoms. The van der Waals surface area contributed by atoms with Gasteiger partial charge in [-0.05, 0) is 87.4 Å². The van der Waals surface area contributed by atoms with Crippen LogP contribution in [0.2, 0.25) is 0 Å². The lowest BCUT2D eigenvalue weighted by Gasteiger charge is -2.32. The van der Waals surface area contributed by atoms with Gasteiger partial charge in [0.1, 0.15) is 5.75 Å². The Kier molecular flexibility index (Phi) is 8.87. The number of aliphatic carboxylic acids is 1. The van der Waals surface area contributed by atoms with Crippen LogP contribution in [0.25, 0.3) is 0 Å². The summed E-state index contributed by atoms with van der Waals surface area (Å²) in [6, 6.07) is 14.2. The summed E-state index contributed by atoms with van der Waals surface area (Å²) in [5, 5.41) is 12.8. The number of rotatable bonds is 8. The van der Waals surface area contributed by atoms with E-state index in [0.29, 0.717) is 11.8 Å². The zero-order valence-corrected chi connectivity index (χ0v) is 22.6. The minimum Gasteiger partial charge on any atom is -0.490 e. The maximum Gasteiger partial charge on any atom is 0.310 e. The number of carbonyl (C=O) groups excluding carboxylic acids is 1. The van der Waals surface area contributed by atoms with Crippen LogP contribution in [0.15, 0.2) is 42.5 Å². The van der Waals surface area contributed by atoms with Crippen LogP contribution in [0.3, 0.4) is 0 Å². The first kappa shape index (κ1) is 27.1. The number of anilines is 1. The quantitative estimate of drug-likeness (QED) is 0.545. The lowest BCUT2D eigenvalue weighted by molar-refractivity contribution is -0.138. The van der Waals surface area contributed by atoms with Gasteiger partial charge in [-0.25, -0.2) is 0 Å². The van der Waals surface area contributed by atoms with Crippen molar-refractivity contribution in [2.24, 2.45) is 5.92 Å². The Balaban J connectivity index is 1.30. The molecule has 7 heteroatoms. The summed E-state index contributed by atoms with van der Waals surface area (Å²) in [6.07, 6.45) is 3.24. The first-order valence-corrected chi connectivity index (χ1v) is 13.5. The number of piperazine rings is 1. The molecule has 2 fully saturated rings. The van der Waals surface area contributed by atoms with Crippen LogP contribution in [0.4, 0.5) is 5.69 Å². The SMILES string of the molecule is Cc1cc(N(C)C(=O)[C@H]2CC[C@H](Oc3cccc(C(C)C(=O)O)c3)CC2)ccc1CN1CCN[C@@H](C)C1. The Morgan fingerprint density at radius 2 is 1.92 bits per heavy atom. The smallest absolute Gasteiger partial charge is 0.310 e. The summed E-state index contributed by atoms with van der Waals surface area (Å²) in [6.45, 7) is 10.1. The maximum absolute atomic E-state index is 13.3. The van der Waals surface area contributed by atoms with Gasteiger partial charge in [0.25, 0.3) is 0 Å². The Hall–Kier alpha value is -2.90. The van der Waals surface area contributed by atoms with E-state index in [0.717, 1.165) is 63.1 Å². The van der Waals surface area contributed by atoms with Crippen molar-refractivity contribution in [1.29, 1.82) is 0 Å². The molecular weight excluding hydrogens is 466 g/mol. The molecule has 37 heavy (non-hydrogen) atoms. The number of carboxylic acids is 1. The van der Waals surface area contributed by atoms with Crippen molar-refractivity contribution < 1.29 is 19.4 Å². The van der Waals surface area contributed by atoms with Gasteiger partial charge < -0.3 is 20.1 Å². The predicted octanol–water partition coefficient (Wildman–Crippen LogP) is 4.58. The number of carbonyl (C=O) groups is 2. The van der Waals surface area contributed by atoms with Gasteiger partial charge in [0, 0.05) is 50.9 Å². The molecule has 1 aliphatic carbocycles. The zero-order chi connectivity index (χ0) is 26.5. The normalized spacial score (nSPS) is 23.3. The Bertz CT molecular complexity index is 1100. The molecule has 1 unspecified atom stereocenters. The van der Waals surface area contributed by atoms with E-state index in [2.05, 4.69) is 42.3 Å². The highest BCUT2D eigenvalue weighted by molar-refractivity contribution is 5.94. The van der Waals surface area contributed by atoms with Gasteiger partial charge in [-0.2, -0.15) is 0 Å². The molecule has 1 amide bonds. The Morgan fingerprint density at radius 3 is 2.59 bits per heavy atom. The molecule has 7 nitrogen and oxygen atoms in total. The van der Waals surface area contributed by atoms with Gasteiger partial charge in [-0.3, -0.25) is 14.5 Å². The van der Waals surface area contributed by atoms with Crippen LogP contribution >= 0.6 is 0 Å². The fraction of sp³-hybridized carbons (Fsp3) is 0.533. The fourth-order valence-corrected chi connectivity index (χ4v) is 5.48. The number of benzene rings is 2. The monoisotopic (exact) mass is 507 g/mol. The highest BCUT2D eigenvalue weighted by Gasteiger charge is 2.30. The predicted molar refractivity (Wildman–Crippen MR) is 146 cm³/mol. The lowest BCUT2D eigenvalue weighted by atomic mass is 9.86. The summed E-state index contributed by atoms with van der Waals surface area (Å²) < 4.78 is 6.17. The largest absolute Gasteiger partial charge is 0.490 e. The topological polar surface area (TPSA) is 82.1 Å². The molecule has 0 radical (unpaired) electrons. The summed E-state index contributed by atoms with van der Waals surface area (Å²) in [7, 11) is 1.88. The second-order valence-electron chi connectivity index (χ2n) is 10.8. The molecule has 2 aromatic rings. The minimum atomic E-state index is -0.848. The number of amides is 1. The molecule has 2 atom stereocenters. The van der Waals surface area contributed by atoms with Crippen molar-refractivity contribution in [2.75, 3.05) is 31.6 Å². The van der Waals surface area contributed by atoms with Gasteiger partial charge in [0.15, 0.2) is 0 Å². The van der Waals surface area contributed by atoms with Crippen LogP contribution in [0.5, 0.6) is 5.75 Å². The second kappa shape index (κ2) is 12.1. The summed E-state index contributed by atoms with van der Waals surface area (Å²) >= 11 is 0. The van der Waals surface area contributed by atoms with Crippen molar-refractivity contribution in [3.05, 3.63) is 59.2 Å². The number of aryl methyl sites for hydroxylation is 1. The number of carboxylic acid groups (broad SMARTS) is 1. The molecular formula is C30H41N3O4. The molecule has 2 N–H and O–H groups in total. The van der Waals surface area contributed by atoms with Crippen molar-refractivity contribution in [3.63, 3.8) is 0 Å². The number of nitrogens with one attached hydrogen (secondary N) is 1. The minimum absolute atomic E-state index is 0.00876. The molecule has 1 aliphatic heterocycles. The Morgan fingerprint density at radius 1 is 1.16 bits per heavy atom. The summed E-state index contributed by atoms with van der Waals surface area (Å²) in [5.41, 5.74) is 4.22. The van der Waals surface area contributed by atoms with Crippen molar-refractivity contribution in [1.82, 2.24) is 10.2 Å². The lowest BCUT2D eigenvalue weighted by Crippen LogP contribution is -2.48. The zero-order valence-electron chi connectivity index (χ0n) is 22.6. The third-order valence-corrected chi connectivity index (χ3v) is 7.95. The van der Waals surface area contributed by atoms with Crippen LogP contribution in [0.1, 0.15) is 62.1 Å². The van der Waals surface area contributed by atoms with E-state index in [9.17, 15) is 14.7 Å². The van der Waals surface area contributed by atoms with Crippen LogP contribution in [-0.4, -0.2) is 60.7 Å².